The van der Waals surface area contributed by atoms with Crippen molar-refractivity contribution in [1.29, 1.82) is 0 Å². The summed E-state index contributed by atoms with van der Waals surface area (Å²) in [6, 6.07) is 3.73. The van der Waals surface area contributed by atoms with Crippen molar-refractivity contribution in [1.82, 2.24) is 0 Å². The van der Waals surface area contributed by atoms with E-state index in [1.165, 1.54) is 0 Å². The molecule has 0 spiro atoms. The second-order valence-corrected chi connectivity index (χ2v) is 7.32. The van der Waals surface area contributed by atoms with Crippen LogP contribution in [0.3, 0.4) is 0 Å². The standard InChI is InChI=1S/C19H26O5/c1-22-12-9-13-16(15(10-12)23-2)14(11-20)19-6-4-3-5-18(19,17(13)21)7-8-24-19/h9-10,14,17,20-21H,3-8,11H2,1-2H3/t14-,17+,18+,19-/m1/s1. The van der Waals surface area contributed by atoms with Crippen LogP contribution in [-0.4, -0.2) is 43.2 Å². The minimum Gasteiger partial charge on any atom is -0.497 e. The molecular formula is C19H26O5. The Kier molecular flexibility index (Phi) is 3.79. The lowest BCUT2D eigenvalue weighted by Gasteiger charge is -2.57. The average Bonchev–Trinajstić information content (AvgIpc) is 3.03. The van der Waals surface area contributed by atoms with E-state index in [9.17, 15) is 10.2 Å². The molecule has 0 radical (unpaired) electrons. The molecule has 4 atom stereocenters. The second-order valence-electron chi connectivity index (χ2n) is 7.32. The fraction of sp³-hybridized carbons (Fsp3) is 0.684. The van der Waals surface area contributed by atoms with Crippen LogP contribution in [0.4, 0.5) is 0 Å². The van der Waals surface area contributed by atoms with Crippen LogP contribution in [0.25, 0.3) is 0 Å². The van der Waals surface area contributed by atoms with Crippen LogP contribution in [0.2, 0.25) is 0 Å². The van der Waals surface area contributed by atoms with E-state index >= 15 is 0 Å². The summed E-state index contributed by atoms with van der Waals surface area (Å²) in [5.41, 5.74) is 0.901. The van der Waals surface area contributed by atoms with Gasteiger partial charge in [-0.25, -0.2) is 0 Å². The van der Waals surface area contributed by atoms with E-state index in [2.05, 4.69) is 0 Å². The first kappa shape index (κ1) is 16.2. The van der Waals surface area contributed by atoms with Crippen LogP contribution in [0.5, 0.6) is 11.5 Å². The van der Waals surface area contributed by atoms with Gasteiger partial charge in [-0.15, -0.1) is 0 Å². The number of rotatable bonds is 3. The number of aliphatic hydroxyl groups excluding tert-OH is 2. The number of benzene rings is 1. The molecule has 0 amide bonds. The van der Waals surface area contributed by atoms with Gasteiger partial charge in [0.05, 0.1) is 32.5 Å². The minimum absolute atomic E-state index is 0.00976. The topological polar surface area (TPSA) is 68.2 Å². The molecule has 1 saturated carbocycles. The summed E-state index contributed by atoms with van der Waals surface area (Å²) < 4.78 is 17.3. The number of hydrogen-bond acceptors (Lipinski definition) is 5. The molecule has 1 aromatic rings. The minimum atomic E-state index is -0.623. The third kappa shape index (κ3) is 1.81. The van der Waals surface area contributed by atoms with Crippen LogP contribution in [-0.2, 0) is 4.74 Å². The molecule has 0 unspecified atom stereocenters. The zero-order valence-corrected chi connectivity index (χ0v) is 14.4. The number of fused-ring (bicyclic) bond motifs is 1. The van der Waals surface area contributed by atoms with Crippen molar-refractivity contribution in [2.45, 2.75) is 49.7 Å². The van der Waals surface area contributed by atoms with Gasteiger partial charge < -0.3 is 24.4 Å². The highest BCUT2D eigenvalue weighted by atomic mass is 16.5. The van der Waals surface area contributed by atoms with Crippen molar-refractivity contribution in [3.8, 4) is 11.5 Å². The Balaban J connectivity index is 1.99. The van der Waals surface area contributed by atoms with E-state index in [1.807, 2.05) is 12.1 Å². The van der Waals surface area contributed by atoms with E-state index in [0.717, 1.165) is 43.2 Å². The van der Waals surface area contributed by atoms with Gasteiger partial charge in [-0.3, -0.25) is 0 Å². The van der Waals surface area contributed by atoms with Crippen molar-refractivity contribution in [3.63, 3.8) is 0 Å². The van der Waals surface area contributed by atoms with Gasteiger partial charge in [-0.05, 0) is 30.9 Å². The Bertz CT molecular complexity index is 645. The van der Waals surface area contributed by atoms with E-state index in [-0.39, 0.29) is 17.9 Å². The first-order valence-electron chi connectivity index (χ1n) is 8.82. The van der Waals surface area contributed by atoms with Gasteiger partial charge >= 0.3 is 0 Å². The predicted octanol–water partition coefficient (Wildman–Crippen LogP) is 2.55. The maximum atomic E-state index is 11.4. The van der Waals surface area contributed by atoms with Crippen molar-refractivity contribution >= 4 is 0 Å². The highest BCUT2D eigenvalue weighted by molar-refractivity contribution is 5.54. The Labute approximate surface area is 142 Å². The van der Waals surface area contributed by atoms with E-state index in [4.69, 9.17) is 14.2 Å². The SMILES string of the molecule is COc1cc(OC)c2c(c1)[C@H](O)[C@@]13CCCC[C@@]1(OCC3)[C@@H]2CO. The summed E-state index contributed by atoms with van der Waals surface area (Å²) in [7, 11) is 3.23. The summed E-state index contributed by atoms with van der Waals surface area (Å²) >= 11 is 0. The van der Waals surface area contributed by atoms with Crippen LogP contribution in [0, 0.1) is 5.41 Å². The van der Waals surface area contributed by atoms with Crippen molar-refractivity contribution in [2.75, 3.05) is 27.4 Å². The first-order chi connectivity index (χ1) is 11.6. The third-order valence-corrected chi connectivity index (χ3v) is 6.69. The molecule has 1 aliphatic heterocycles. The molecule has 5 heteroatoms. The van der Waals surface area contributed by atoms with Crippen LogP contribution in [0.1, 0.15) is 55.3 Å². The summed E-state index contributed by atoms with van der Waals surface area (Å²) in [6.07, 6.45) is 4.19. The van der Waals surface area contributed by atoms with Gasteiger partial charge in [0.1, 0.15) is 11.5 Å². The molecule has 24 heavy (non-hydrogen) atoms. The molecule has 2 fully saturated rings. The van der Waals surface area contributed by atoms with Crippen LogP contribution >= 0.6 is 0 Å². The zero-order valence-electron chi connectivity index (χ0n) is 14.4. The van der Waals surface area contributed by atoms with Gasteiger partial charge in [0, 0.05) is 29.6 Å². The molecule has 2 N–H and O–H groups in total. The molecule has 132 valence electrons. The number of ether oxygens (including phenoxy) is 3. The fourth-order valence-corrected chi connectivity index (χ4v) is 5.66. The highest BCUT2D eigenvalue weighted by Crippen LogP contribution is 2.68. The van der Waals surface area contributed by atoms with E-state index < -0.39 is 11.7 Å². The largest absolute Gasteiger partial charge is 0.497 e. The molecule has 1 aromatic carbocycles. The lowest BCUT2D eigenvalue weighted by Crippen LogP contribution is -2.58. The highest BCUT2D eigenvalue weighted by Gasteiger charge is 2.67. The molecule has 0 bridgehead atoms. The van der Waals surface area contributed by atoms with Gasteiger partial charge in [0.2, 0.25) is 0 Å². The Hall–Kier alpha value is -1.30. The molecule has 0 aromatic heterocycles. The monoisotopic (exact) mass is 334 g/mol. The van der Waals surface area contributed by atoms with E-state index in [1.54, 1.807) is 14.2 Å². The second kappa shape index (κ2) is 5.61. The zero-order chi connectivity index (χ0) is 16.9. The average molecular weight is 334 g/mol. The Morgan fingerprint density at radius 3 is 2.67 bits per heavy atom. The van der Waals surface area contributed by atoms with E-state index in [0.29, 0.717) is 18.1 Å². The Morgan fingerprint density at radius 1 is 1.17 bits per heavy atom. The summed E-state index contributed by atoms with van der Waals surface area (Å²) in [6.45, 7) is 0.630. The summed E-state index contributed by atoms with van der Waals surface area (Å²) in [4.78, 5) is 0. The van der Waals surface area contributed by atoms with Crippen molar-refractivity contribution in [3.05, 3.63) is 23.3 Å². The maximum absolute atomic E-state index is 11.4. The normalized spacial score (nSPS) is 37.3. The quantitative estimate of drug-likeness (QED) is 0.889. The van der Waals surface area contributed by atoms with Crippen molar-refractivity contribution in [2.24, 2.45) is 5.41 Å². The van der Waals surface area contributed by atoms with Gasteiger partial charge in [-0.1, -0.05) is 12.8 Å². The smallest absolute Gasteiger partial charge is 0.126 e. The summed E-state index contributed by atoms with van der Waals surface area (Å²) in [5, 5.41) is 21.7. The van der Waals surface area contributed by atoms with Gasteiger partial charge in [0.25, 0.3) is 0 Å². The lowest BCUT2D eigenvalue weighted by molar-refractivity contribution is -0.172. The molecule has 3 aliphatic rings. The van der Waals surface area contributed by atoms with Crippen LogP contribution in [0.15, 0.2) is 12.1 Å². The predicted molar refractivity (Wildman–Crippen MR) is 88.5 cm³/mol. The van der Waals surface area contributed by atoms with Gasteiger partial charge in [-0.2, -0.15) is 0 Å². The lowest BCUT2D eigenvalue weighted by atomic mass is 9.50. The fourth-order valence-electron chi connectivity index (χ4n) is 5.66. The van der Waals surface area contributed by atoms with Crippen LogP contribution < -0.4 is 9.47 Å². The first-order valence-corrected chi connectivity index (χ1v) is 8.82. The maximum Gasteiger partial charge on any atom is 0.126 e. The number of hydrogen-bond donors (Lipinski definition) is 2. The molecule has 4 rings (SSSR count). The summed E-state index contributed by atoms with van der Waals surface area (Å²) in [5.74, 6) is 1.14. The molecule has 1 heterocycles. The third-order valence-electron chi connectivity index (χ3n) is 6.69. The number of aliphatic hydroxyl groups is 2. The van der Waals surface area contributed by atoms with Gasteiger partial charge in [0.15, 0.2) is 0 Å². The molecular weight excluding hydrogens is 308 g/mol. The number of methoxy groups -OCH3 is 2. The molecule has 5 nitrogen and oxygen atoms in total. The molecule has 1 saturated heterocycles. The molecule has 2 aliphatic carbocycles. The Morgan fingerprint density at radius 2 is 1.96 bits per heavy atom. The van der Waals surface area contributed by atoms with Crippen molar-refractivity contribution < 1.29 is 24.4 Å².